The van der Waals surface area contributed by atoms with Gasteiger partial charge in [-0.2, -0.15) is 0 Å². The third-order valence-electron chi connectivity index (χ3n) is 4.60. The van der Waals surface area contributed by atoms with Crippen LogP contribution in [0.25, 0.3) is 0 Å². The van der Waals surface area contributed by atoms with Gasteiger partial charge in [-0.15, -0.1) is 0 Å². The lowest BCUT2D eigenvalue weighted by Crippen LogP contribution is -2.23. The summed E-state index contributed by atoms with van der Waals surface area (Å²) in [5, 5.41) is 6.68. The van der Waals surface area contributed by atoms with E-state index in [0.717, 1.165) is 50.5 Å². The molecule has 2 heterocycles. The van der Waals surface area contributed by atoms with E-state index in [0.29, 0.717) is 0 Å². The van der Waals surface area contributed by atoms with Crippen molar-refractivity contribution in [1.29, 1.82) is 0 Å². The summed E-state index contributed by atoms with van der Waals surface area (Å²) in [5.74, 6) is 1.94. The first-order valence-corrected chi connectivity index (χ1v) is 8.53. The maximum atomic E-state index is 5.16. The molecule has 2 aromatic carbocycles. The van der Waals surface area contributed by atoms with Crippen molar-refractivity contribution in [2.45, 2.75) is 25.9 Å². The van der Waals surface area contributed by atoms with E-state index in [4.69, 9.17) is 9.47 Å². The van der Waals surface area contributed by atoms with Crippen molar-refractivity contribution < 1.29 is 9.47 Å². The monoisotopic (exact) mass is 326 g/mol. The second-order valence-electron chi connectivity index (χ2n) is 6.12. The third-order valence-corrected chi connectivity index (χ3v) is 4.60. The van der Waals surface area contributed by atoms with E-state index in [9.17, 15) is 0 Å². The van der Waals surface area contributed by atoms with Crippen LogP contribution in [0.4, 0.5) is 0 Å². The molecule has 0 bridgehead atoms. The fraction of sp³-hybridized carbons (Fsp3) is 0.400. The summed E-state index contributed by atoms with van der Waals surface area (Å²) < 4.78 is 10.3. The Morgan fingerprint density at radius 1 is 0.667 bits per heavy atom. The van der Waals surface area contributed by atoms with Crippen LogP contribution in [0.5, 0.6) is 11.5 Å². The normalized spacial score (nSPS) is 15.4. The molecule has 2 aromatic rings. The number of rotatable bonds is 2. The molecule has 0 atom stereocenters. The Morgan fingerprint density at radius 3 is 1.54 bits per heavy atom. The van der Waals surface area contributed by atoms with E-state index >= 15 is 0 Å². The van der Waals surface area contributed by atoms with Gasteiger partial charge in [0.2, 0.25) is 0 Å². The highest BCUT2D eigenvalue weighted by atomic mass is 16.5. The van der Waals surface area contributed by atoms with Crippen LogP contribution in [0.3, 0.4) is 0 Å². The van der Waals surface area contributed by atoms with Crippen LogP contribution in [0.15, 0.2) is 36.4 Å². The van der Waals surface area contributed by atoms with Crippen molar-refractivity contribution in [1.82, 2.24) is 10.6 Å². The SMILES string of the molecule is COc1ccc2c(c1)CCNC2.COc1ccc2c(c1)CCNC2. The standard InChI is InChI=1S/2C10H13NO/c2*1-12-10-3-2-9-7-11-5-4-8(9)6-10/h2*2-3,6,11H,4-5,7H2,1H3. The maximum absolute atomic E-state index is 5.16. The number of methoxy groups -OCH3 is 2. The highest BCUT2D eigenvalue weighted by Crippen LogP contribution is 2.20. The maximum Gasteiger partial charge on any atom is 0.119 e. The predicted octanol–water partition coefficient (Wildman–Crippen LogP) is 2.68. The van der Waals surface area contributed by atoms with Crippen LogP contribution in [-0.4, -0.2) is 27.3 Å². The van der Waals surface area contributed by atoms with Crippen molar-refractivity contribution in [3.05, 3.63) is 58.7 Å². The van der Waals surface area contributed by atoms with E-state index in [-0.39, 0.29) is 0 Å². The summed E-state index contributed by atoms with van der Waals surface area (Å²) in [6.07, 6.45) is 2.24. The molecular formula is C20H26N2O2. The minimum atomic E-state index is 0.968. The van der Waals surface area contributed by atoms with Gasteiger partial charge in [0.25, 0.3) is 0 Å². The Kier molecular flexibility index (Phi) is 5.72. The minimum Gasteiger partial charge on any atom is -0.497 e. The quantitative estimate of drug-likeness (QED) is 0.890. The van der Waals surface area contributed by atoms with Gasteiger partial charge in [0.15, 0.2) is 0 Å². The smallest absolute Gasteiger partial charge is 0.119 e. The van der Waals surface area contributed by atoms with Crippen molar-refractivity contribution in [2.75, 3.05) is 27.3 Å². The van der Waals surface area contributed by atoms with Crippen LogP contribution in [-0.2, 0) is 25.9 Å². The number of benzene rings is 2. The van der Waals surface area contributed by atoms with Crippen LogP contribution in [0, 0.1) is 0 Å². The molecular weight excluding hydrogens is 300 g/mol. The molecule has 0 fully saturated rings. The number of fused-ring (bicyclic) bond motifs is 2. The van der Waals surface area contributed by atoms with Gasteiger partial charge in [0.1, 0.15) is 11.5 Å². The van der Waals surface area contributed by atoms with Gasteiger partial charge in [0, 0.05) is 13.1 Å². The van der Waals surface area contributed by atoms with Gasteiger partial charge in [-0.25, -0.2) is 0 Å². The largest absolute Gasteiger partial charge is 0.497 e. The Hall–Kier alpha value is -2.04. The van der Waals surface area contributed by atoms with Crippen LogP contribution in [0.2, 0.25) is 0 Å². The van der Waals surface area contributed by atoms with Crippen LogP contribution < -0.4 is 20.1 Å². The van der Waals surface area contributed by atoms with Gasteiger partial charge in [-0.3, -0.25) is 0 Å². The average Bonchev–Trinajstić information content (AvgIpc) is 2.67. The zero-order valence-electron chi connectivity index (χ0n) is 14.5. The van der Waals surface area contributed by atoms with Gasteiger partial charge < -0.3 is 20.1 Å². The molecule has 0 amide bonds. The second kappa shape index (κ2) is 8.18. The molecule has 2 N–H and O–H groups in total. The van der Waals surface area contributed by atoms with Gasteiger partial charge in [-0.05, 0) is 72.5 Å². The molecule has 24 heavy (non-hydrogen) atoms. The summed E-state index contributed by atoms with van der Waals surface area (Å²) in [6, 6.07) is 12.6. The number of nitrogens with one attached hydrogen (secondary N) is 2. The molecule has 0 aromatic heterocycles. The Labute approximate surface area is 144 Å². The molecule has 0 unspecified atom stereocenters. The van der Waals surface area contributed by atoms with E-state index in [2.05, 4.69) is 34.9 Å². The fourth-order valence-electron chi connectivity index (χ4n) is 3.16. The second-order valence-corrected chi connectivity index (χ2v) is 6.12. The topological polar surface area (TPSA) is 42.5 Å². The zero-order valence-corrected chi connectivity index (χ0v) is 14.5. The summed E-state index contributed by atoms with van der Waals surface area (Å²) in [5.41, 5.74) is 5.66. The van der Waals surface area contributed by atoms with Gasteiger partial charge in [-0.1, -0.05) is 12.1 Å². The lowest BCUT2D eigenvalue weighted by molar-refractivity contribution is 0.413. The first-order chi connectivity index (χ1) is 11.8. The van der Waals surface area contributed by atoms with Crippen molar-refractivity contribution in [3.63, 3.8) is 0 Å². The molecule has 2 aliphatic rings. The van der Waals surface area contributed by atoms with Crippen LogP contribution >= 0.6 is 0 Å². The molecule has 0 spiro atoms. The van der Waals surface area contributed by atoms with E-state index < -0.39 is 0 Å². The fourth-order valence-corrected chi connectivity index (χ4v) is 3.16. The Balaban J connectivity index is 0.000000141. The number of hydrogen-bond donors (Lipinski definition) is 2. The summed E-state index contributed by atoms with van der Waals surface area (Å²) in [4.78, 5) is 0. The predicted molar refractivity (Wildman–Crippen MR) is 96.8 cm³/mol. The van der Waals surface area contributed by atoms with Gasteiger partial charge in [0.05, 0.1) is 14.2 Å². The van der Waals surface area contributed by atoms with E-state index in [1.54, 1.807) is 14.2 Å². The summed E-state index contributed by atoms with van der Waals surface area (Å²) in [7, 11) is 3.42. The number of hydrogen-bond acceptors (Lipinski definition) is 4. The van der Waals surface area contributed by atoms with Gasteiger partial charge >= 0.3 is 0 Å². The molecule has 4 heteroatoms. The van der Waals surface area contributed by atoms with E-state index in [1.165, 1.54) is 22.3 Å². The summed E-state index contributed by atoms with van der Waals surface area (Å²) >= 11 is 0. The zero-order chi connectivity index (χ0) is 16.8. The molecule has 2 aliphatic heterocycles. The highest BCUT2D eigenvalue weighted by molar-refractivity contribution is 5.37. The lowest BCUT2D eigenvalue weighted by atomic mass is 10.0. The molecule has 0 aliphatic carbocycles. The summed E-state index contributed by atoms with van der Waals surface area (Å²) in [6.45, 7) is 4.17. The Bertz CT molecular complexity index is 626. The molecule has 128 valence electrons. The first-order valence-electron chi connectivity index (χ1n) is 8.53. The molecule has 0 saturated carbocycles. The van der Waals surface area contributed by atoms with Crippen molar-refractivity contribution in [2.24, 2.45) is 0 Å². The molecule has 4 nitrogen and oxygen atoms in total. The lowest BCUT2D eigenvalue weighted by Gasteiger charge is -2.17. The number of ether oxygens (including phenoxy) is 2. The first kappa shape index (κ1) is 16.8. The molecule has 4 rings (SSSR count). The van der Waals surface area contributed by atoms with E-state index in [1.807, 2.05) is 12.1 Å². The van der Waals surface area contributed by atoms with Crippen molar-refractivity contribution in [3.8, 4) is 11.5 Å². The minimum absolute atomic E-state index is 0.968. The highest BCUT2D eigenvalue weighted by Gasteiger charge is 2.09. The van der Waals surface area contributed by atoms with Crippen molar-refractivity contribution >= 4 is 0 Å². The Morgan fingerprint density at radius 2 is 1.12 bits per heavy atom. The van der Waals surface area contributed by atoms with Crippen LogP contribution in [0.1, 0.15) is 22.3 Å². The molecule has 0 saturated heterocycles. The third kappa shape index (κ3) is 4.08. The average molecular weight is 326 g/mol. The molecule has 0 radical (unpaired) electrons.